The Morgan fingerprint density at radius 1 is 1.21 bits per heavy atom. The second-order valence-corrected chi connectivity index (χ2v) is 6.63. The van der Waals surface area contributed by atoms with Crippen LogP contribution in [0.4, 0.5) is 17.6 Å². The maximum absolute atomic E-state index is 13.8. The van der Waals surface area contributed by atoms with Gasteiger partial charge in [0.2, 0.25) is 0 Å². The Balaban J connectivity index is 1.75. The van der Waals surface area contributed by atoms with E-state index in [9.17, 15) is 22.4 Å². The Morgan fingerprint density at radius 3 is 2.38 bits per heavy atom. The number of hydrogen-bond donors (Lipinski definition) is 0. The number of alkyl halides is 3. The summed E-state index contributed by atoms with van der Waals surface area (Å²) in [7, 11) is 2.07. The van der Waals surface area contributed by atoms with Crippen molar-refractivity contribution in [3.05, 3.63) is 29.6 Å². The summed E-state index contributed by atoms with van der Waals surface area (Å²) >= 11 is 0. The van der Waals surface area contributed by atoms with Gasteiger partial charge in [-0.3, -0.25) is 4.79 Å². The molecule has 2 aliphatic rings. The molecule has 2 unspecified atom stereocenters. The summed E-state index contributed by atoms with van der Waals surface area (Å²) in [6.45, 7) is 0. The predicted octanol–water partition coefficient (Wildman–Crippen LogP) is 4.17. The smallest absolute Gasteiger partial charge is 0.403 e. The van der Waals surface area contributed by atoms with Gasteiger partial charge in [-0.05, 0) is 50.9 Å². The first-order valence-corrected chi connectivity index (χ1v) is 8.06. The first-order chi connectivity index (χ1) is 11.2. The Labute approximate surface area is 137 Å². The number of rotatable bonds is 3. The van der Waals surface area contributed by atoms with Crippen LogP contribution in [0.5, 0.6) is 5.75 Å². The maximum atomic E-state index is 13.8. The quantitative estimate of drug-likeness (QED) is 0.608. The summed E-state index contributed by atoms with van der Waals surface area (Å²) in [6.07, 6.45) is -0.286. The van der Waals surface area contributed by atoms with Crippen LogP contribution in [-0.2, 0) is 0 Å². The maximum Gasteiger partial charge on any atom is 0.573 e. The molecule has 2 aliphatic heterocycles. The highest BCUT2D eigenvalue weighted by molar-refractivity contribution is 5.98. The van der Waals surface area contributed by atoms with Crippen molar-refractivity contribution in [1.29, 1.82) is 0 Å². The van der Waals surface area contributed by atoms with Crippen LogP contribution in [0.3, 0.4) is 0 Å². The molecule has 3 nitrogen and oxygen atoms in total. The van der Waals surface area contributed by atoms with Gasteiger partial charge in [-0.1, -0.05) is 6.42 Å². The van der Waals surface area contributed by atoms with Crippen molar-refractivity contribution in [2.75, 3.05) is 7.05 Å². The van der Waals surface area contributed by atoms with Crippen LogP contribution in [0.1, 0.15) is 42.5 Å². The number of carbonyl (C=O) groups is 1. The highest BCUT2D eigenvalue weighted by Crippen LogP contribution is 2.37. The lowest BCUT2D eigenvalue weighted by Gasteiger charge is -2.46. The molecule has 0 saturated carbocycles. The van der Waals surface area contributed by atoms with Crippen molar-refractivity contribution in [3.63, 3.8) is 0 Å². The third-order valence-corrected chi connectivity index (χ3v) is 5.15. The number of ether oxygens (including phenoxy) is 1. The Bertz CT molecular complexity index is 618. The number of ketones is 1. The Hall–Kier alpha value is -1.63. The highest BCUT2D eigenvalue weighted by Gasteiger charge is 2.39. The van der Waals surface area contributed by atoms with Crippen molar-refractivity contribution in [1.82, 2.24) is 4.90 Å². The number of fused-ring (bicyclic) bond motifs is 2. The molecular weight excluding hydrogens is 326 g/mol. The van der Waals surface area contributed by atoms with E-state index >= 15 is 0 Å². The second-order valence-electron chi connectivity index (χ2n) is 6.63. The molecule has 7 heteroatoms. The molecule has 2 fully saturated rings. The molecule has 0 radical (unpaired) electrons. The van der Waals surface area contributed by atoms with Crippen molar-refractivity contribution >= 4 is 5.78 Å². The van der Waals surface area contributed by atoms with Gasteiger partial charge in [-0.25, -0.2) is 4.39 Å². The molecule has 2 saturated heterocycles. The van der Waals surface area contributed by atoms with E-state index in [1.807, 2.05) is 0 Å². The van der Waals surface area contributed by atoms with Gasteiger partial charge in [0.15, 0.2) is 17.3 Å². The molecule has 2 atom stereocenters. The minimum atomic E-state index is -4.96. The van der Waals surface area contributed by atoms with E-state index in [-0.39, 0.29) is 17.3 Å². The van der Waals surface area contributed by atoms with E-state index < -0.39 is 17.9 Å². The van der Waals surface area contributed by atoms with Gasteiger partial charge in [0.1, 0.15) is 0 Å². The normalized spacial score (nSPS) is 27.8. The monoisotopic (exact) mass is 345 g/mol. The fourth-order valence-electron chi connectivity index (χ4n) is 3.93. The molecule has 132 valence electrons. The van der Waals surface area contributed by atoms with Gasteiger partial charge in [0.25, 0.3) is 0 Å². The molecule has 0 amide bonds. The largest absolute Gasteiger partial charge is 0.573 e. The first-order valence-electron chi connectivity index (χ1n) is 8.06. The summed E-state index contributed by atoms with van der Waals surface area (Å²) in [5.74, 6) is -2.49. The van der Waals surface area contributed by atoms with Crippen LogP contribution in [0.2, 0.25) is 0 Å². The number of piperidine rings is 2. The molecule has 1 aromatic carbocycles. The Kier molecular flexibility index (Phi) is 4.55. The number of carbonyl (C=O) groups excluding carboxylic acids is 1. The predicted molar refractivity (Wildman–Crippen MR) is 79.3 cm³/mol. The van der Waals surface area contributed by atoms with Crippen LogP contribution in [0.15, 0.2) is 18.2 Å². The molecule has 0 aromatic heterocycles. The van der Waals surface area contributed by atoms with Crippen LogP contribution < -0.4 is 4.74 Å². The molecule has 1 aromatic rings. The molecule has 0 N–H and O–H groups in total. The average Bonchev–Trinajstić information content (AvgIpc) is 2.47. The van der Waals surface area contributed by atoms with Crippen molar-refractivity contribution in [2.45, 2.75) is 50.6 Å². The molecule has 0 spiro atoms. The number of Topliss-reactive ketones (excluding diaryl/α,β-unsaturated/α-hetero) is 1. The third-order valence-electron chi connectivity index (χ3n) is 5.15. The van der Waals surface area contributed by atoms with E-state index in [4.69, 9.17) is 0 Å². The van der Waals surface area contributed by atoms with Gasteiger partial charge >= 0.3 is 6.36 Å². The van der Waals surface area contributed by atoms with E-state index in [0.717, 1.165) is 31.4 Å². The fourth-order valence-corrected chi connectivity index (χ4v) is 3.93. The van der Waals surface area contributed by atoms with E-state index in [1.165, 1.54) is 6.07 Å². The van der Waals surface area contributed by atoms with Gasteiger partial charge in [0.05, 0.1) is 0 Å². The summed E-state index contributed by atoms with van der Waals surface area (Å²) in [6, 6.07) is 3.62. The highest BCUT2D eigenvalue weighted by atomic mass is 19.4. The van der Waals surface area contributed by atoms with E-state index in [0.29, 0.717) is 24.9 Å². The molecule has 3 rings (SSSR count). The zero-order chi connectivity index (χ0) is 17.5. The molecule has 24 heavy (non-hydrogen) atoms. The molecule has 2 bridgehead atoms. The van der Waals surface area contributed by atoms with Crippen LogP contribution in [0, 0.1) is 11.7 Å². The third kappa shape index (κ3) is 3.55. The van der Waals surface area contributed by atoms with Crippen LogP contribution >= 0.6 is 0 Å². The SMILES string of the molecule is CN1C2CCCC1CC(C(=O)c1ccc(OC(F)(F)F)c(F)c1)C2. The standard InChI is InChI=1S/C17H19F4NO2/c1-22-12-3-2-4-13(22)8-11(7-12)16(23)10-5-6-15(14(18)9-10)24-17(19,20)21/h5-6,9,11-13H,2-4,7-8H2,1H3. The Morgan fingerprint density at radius 2 is 1.83 bits per heavy atom. The van der Waals surface area contributed by atoms with Gasteiger partial charge in [-0.2, -0.15) is 0 Å². The van der Waals surface area contributed by atoms with Crippen molar-refractivity contribution in [2.24, 2.45) is 5.92 Å². The lowest BCUT2D eigenvalue weighted by Crippen LogP contribution is -2.51. The fraction of sp³-hybridized carbons (Fsp3) is 0.588. The number of nitrogens with zero attached hydrogens (tertiary/aromatic N) is 1. The van der Waals surface area contributed by atoms with Crippen LogP contribution in [0.25, 0.3) is 0 Å². The second kappa shape index (κ2) is 6.35. The summed E-state index contributed by atoms with van der Waals surface area (Å²) in [5, 5.41) is 0. The number of halogens is 4. The van der Waals surface area contributed by atoms with Crippen molar-refractivity contribution < 1.29 is 27.1 Å². The average molecular weight is 345 g/mol. The lowest BCUT2D eigenvalue weighted by atomic mass is 9.76. The van der Waals surface area contributed by atoms with E-state index in [2.05, 4.69) is 16.7 Å². The van der Waals surface area contributed by atoms with Gasteiger partial charge < -0.3 is 9.64 Å². The molecule has 2 heterocycles. The number of hydrogen-bond acceptors (Lipinski definition) is 3. The summed E-state index contributed by atoms with van der Waals surface area (Å²) < 4.78 is 53.9. The van der Waals surface area contributed by atoms with Gasteiger partial charge in [-0.15, -0.1) is 13.2 Å². The van der Waals surface area contributed by atoms with E-state index in [1.54, 1.807) is 0 Å². The number of benzene rings is 1. The first kappa shape index (κ1) is 17.2. The zero-order valence-electron chi connectivity index (χ0n) is 13.3. The minimum Gasteiger partial charge on any atom is -0.403 e. The summed E-state index contributed by atoms with van der Waals surface area (Å²) in [5.41, 5.74) is 0.106. The lowest BCUT2D eigenvalue weighted by molar-refractivity contribution is -0.275. The molecule has 0 aliphatic carbocycles. The van der Waals surface area contributed by atoms with Gasteiger partial charge in [0, 0.05) is 23.6 Å². The molecular formula is C17H19F4NO2. The van der Waals surface area contributed by atoms with Crippen LogP contribution in [-0.4, -0.2) is 36.2 Å². The summed E-state index contributed by atoms with van der Waals surface area (Å²) in [4.78, 5) is 15.0. The van der Waals surface area contributed by atoms with Crippen molar-refractivity contribution in [3.8, 4) is 5.75 Å². The topological polar surface area (TPSA) is 29.5 Å². The zero-order valence-corrected chi connectivity index (χ0v) is 13.3. The minimum absolute atomic E-state index is 0.106.